The van der Waals surface area contributed by atoms with Crippen LogP contribution in [0.5, 0.6) is 0 Å². The maximum Gasteiger partial charge on any atom is 0.341 e. The Morgan fingerprint density at radius 1 is 1.19 bits per heavy atom. The fraction of sp³-hybridized carbons (Fsp3) is 0.235. The highest BCUT2D eigenvalue weighted by molar-refractivity contribution is 7.99. The monoisotopic (exact) mass is 451 g/mol. The number of alkyl halides is 2. The topological polar surface area (TPSA) is 54.5 Å². The summed E-state index contributed by atoms with van der Waals surface area (Å²) >= 11 is 13.6. The Bertz CT molecular complexity index is 986. The van der Waals surface area contributed by atoms with Crippen molar-refractivity contribution in [1.29, 1.82) is 0 Å². The Kier molecular flexibility index (Phi) is 6.00. The van der Waals surface area contributed by atoms with Gasteiger partial charge in [0.1, 0.15) is 5.37 Å². The van der Waals surface area contributed by atoms with Crippen LogP contribution in [-0.4, -0.2) is 37.3 Å². The highest BCUT2D eigenvalue weighted by atomic mass is 35.5. The summed E-state index contributed by atoms with van der Waals surface area (Å²) in [6.07, 6.45) is 0. The molecule has 0 N–H and O–H groups in total. The minimum absolute atomic E-state index is 0.282. The smallest absolute Gasteiger partial charge is 0.322 e. The van der Waals surface area contributed by atoms with Gasteiger partial charge in [0.2, 0.25) is 9.84 Å². The normalized spacial score (nSPS) is 17.5. The molecule has 0 aromatic heterocycles. The zero-order valence-corrected chi connectivity index (χ0v) is 16.8. The van der Waals surface area contributed by atoms with E-state index in [0.717, 1.165) is 6.07 Å². The average Bonchev–Trinajstić information content (AvgIpc) is 3.10. The first-order chi connectivity index (χ1) is 12.7. The van der Waals surface area contributed by atoms with Crippen molar-refractivity contribution in [2.75, 3.05) is 12.3 Å². The Hall–Kier alpha value is -1.35. The summed E-state index contributed by atoms with van der Waals surface area (Å²) in [5, 5.41) is 0.343. The summed E-state index contributed by atoms with van der Waals surface area (Å²) in [5.74, 6) is -3.66. The summed E-state index contributed by atoms with van der Waals surface area (Å²) in [7, 11) is -4.91. The Balaban J connectivity index is 2.01. The van der Waals surface area contributed by atoms with E-state index in [2.05, 4.69) is 0 Å². The lowest BCUT2D eigenvalue weighted by Crippen LogP contribution is -2.32. The molecule has 1 heterocycles. The molecule has 144 valence electrons. The lowest BCUT2D eigenvalue weighted by atomic mass is 10.1. The van der Waals surface area contributed by atoms with E-state index in [1.165, 1.54) is 34.9 Å². The molecule has 2 aromatic rings. The van der Waals surface area contributed by atoms with E-state index in [1.807, 2.05) is 0 Å². The second-order valence-corrected chi connectivity index (χ2v) is 9.61. The van der Waals surface area contributed by atoms with E-state index >= 15 is 0 Å². The maximum absolute atomic E-state index is 13.0. The van der Waals surface area contributed by atoms with E-state index in [0.29, 0.717) is 27.9 Å². The molecule has 1 atom stereocenters. The third-order valence-electron chi connectivity index (χ3n) is 4.04. The van der Waals surface area contributed by atoms with Crippen LogP contribution >= 0.6 is 35.0 Å². The lowest BCUT2D eigenvalue weighted by molar-refractivity contribution is 0.0756. The molecule has 1 aliphatic heterocycles. The molecule has 3 rings (SSSR count). The molecule has 4 nitrogen and oxygen atoms in total. The van der Waals surface area contributed by atoms with Gasteiger partial charge in [0, 0.05) is 27.9 Å². The van der Waals surface area contributed by atoms with Crippen molar-refractivity contribution in [3.05, 3.63) is 63.6 Å². The van der Waals surface area contributed by atoms with Gasteiger partial charge in [0.15, 0.2) is 0 Å². The third-order valence-corrected chi connectivity index (χ3v) is 7.28. The van der Waals surface area contributed by atoms with Gasteiger partial charge in [-0.15, -0.1) is 11.8 Å². The van der Waals surface area contributed by atoms with Crippen LogP contribution in [-0.2, 0) is 9.84 Å². The minimum Gasteiger partial charge on any atom is -0.322 e. The van der Waals surface area contributed by atoms with Crippen LogP contribution in [0.4, 0.5) is 8.78 Å². The summed E-state index contributed by atoms with van der Waals surface area (Å²) in [6, 6.07) is 9.87. The molecular formula is C17H13Cl2F2NO3S2. The molecule has 0 radical (unpaired) electrons. The van der Waals surface area contributed by atoms with Gasteiger partial charge >= 0.3 is 5.76 Å². The van der Waals surface area contributed by atoms with Gasteiger partial charge in [-0.25, -0.2) is 8.42 Å². The van der Waals surface area contributed by atoms with Crippen molar-refractivity contribution < 1.29 is 22.0 Å². The van der Waals surface area contributed by atoms with Gasteiger partial charge in [-0.05, 0) is 24.3 Å². The minimum atomic E-state index is -4.91. The number of carbonyl (C=O) groups excluding carboxylic acids is 1. The van der Waals surface area contributed by atoms with Crippen molar-refractivity contribution in [2.45, 2.75) is 16.0 Å². The number of halogens is 4. The fourth-order valence-electron chi connectivity index (χ4n) is 2.78. The van der Waals surface area contributed by atoms with Crippen LogP contribution < -0.4 is 0 Å². The fourth-order valence-corrected chi connectivity index (χ4v) is 5.57. The molecule has 10 heteroatoms. The van der Waals surface area contributed by atoms with Gasteiger partial charge in [-0.3, -0.25) is 4.79 Å². The average molecular weight is 452 g/mol. The number of thioether (sulfide) groups is 1. The second kappa shape index (κ2) is 7.95. The Morgan fingerprint density at radius 2 is 1.89 bits per heavy atom. The van der Waals surface area contributed by atoms with Gasteiger partial charge in [-0.1, -0.05) is 41.4 Å². The maximum atomic E-state index is 13.0. The summed E-state index contributed by atoms with van der Waals surface area (Å²) < 4.78 is 49.9. The van der Waals surface area contributed by atoms with Crippen LogP contribution in [0, 0.1) is 0 Å². The van der Waals surface area contributed by atoms with Crippen LogP contribution in [0.2, 0.25) is 10.0 Å². The number of nitrogens with zero attached hydrogens (tertiary/aromatic N) is 1. The number of hydrogen-bond acceptors (Lipinski definition) is 4. The van der Waals surface area contributed by atoms with Crippen molar-refractivity contribution in [3.63, 3.8) is 0 Å². The first-order valence-corrected chi connectivity index (χ1v) is 11.1. The van der Waals surface area contributed by atoms with Crippen LogP contribution in [0.25, 0.3) is 0 Å². The molecule has 1 aliphatic rings. The molecule has 27 heavy (non-hydrogen) atoms. The van der Waals surface area contributed by atoms with Crippen LogP contribution in [0.1, 0.15) is 21.3 Å². The molecule has 1 amide bonds. The lowest BCUT2D eigenvalue weighted by Gasteiger charge is -2.25. The van der Waals surface area contributed by atoms with E-state index in [-0.39, 0.29) is 5.56 Å². The summed E-state index contributed by atoms with van der Waals surface area (Å²) in [5.41, 5.74) is 0.363. The molecule has 0 saturated carbocycles. The highest BCUT2D eigenvalue weighted by Gasteiger charge is 2.36. The molecule has 1 saturated heterocycles. The zero-order valence-electron chi connectivity index (χ0n) is 13.6. The predicted molar refractivity (Wildman–Crippen MR) is 102 cm³/mol. The number of hydrogen-bond donors (Lipinski definition) is 0. The van der Waals surface area contributed by atoms with Crippen molar-refractivity contribution >= 4 is 50.7 Å². The first kappa shape index (κ1) is 20.4. The Labute approximate surface area is 169 Å². The molecule has 1 unspecified atom stereocenters. The van der Waals surface area contributed by atoms with E-state index in [4.69, 9.17) is 23.2 Å². The molecule has 0 aliphatic carbocycles. The van der Waals surface area contributed by atoms with Crippen LogP contribution in [0.3, 0.4) is 0 Å². The molecule has 0 bridgehead atoms. The van der Waals surface area contributed by atoms with Gasteiger partial charge < -0.3 is 4.90 Å². The van der Waals surface area contributed by atoms with Crippen LogP contribution in [0.15, 0.2) is 47.4 Å². The molecule has 2 aromatic carbocycles. The number of benzene rings is 2. The zero-order chi connectivity index (χ0) is 19.8. The van der Waals surface area contributed by atoms with Crippen molar-refractivity contribution in [2.24, 2.45) is 0 Å². The van der Waals surface area contributed by atoms with E-state index in [1.54, 1.807) is 18.2 Å². The largest absolute Gasteiger partial charge is 0.341 e. The molecule has 1 fully saturated rings. The third kappa shape index (κ3) is 3.94. The molecular weight excluding hydrogens is 439 g/mol. The quantitative estimate of drug-likeness (QED) is 0.664. The number of amides is 1. The number of sulfone groups is 1. The highest BCUT2D eigenvalue weighted by Crippen LogP contribution is 2.42. The van der Waals surface area contributed by atoms with Gasteiger partial charge in [0.25, 0.3) is 5.91 Å². The Morgan fingerprint density at radius 3 is 2.56 bits per heavy atom. The van der Waals surface area contributed by atoms with Gasteiger partial charge in [-0.2, -0.15) is 8.78 Å². The summed E-state index contributed by atoms with van der Waals surface area (Å²) in [4.78, 5) is 13.8. The standard InChI is InChI=1S/C17H13Cl2F2NO3S2/c18-10-5-6-11(13(19)9-10)16-22(7-8-26-16)15(23)12-3-1-2-4-14(12)27(24,25)17(20)21/h1-6,9,16-17H,7-8H2. The SMILES string of the molecule is O=C(c1ccccc1S(=O)(=O)C(F)F)N1CCSC1c1ccc(Cl)cc1Cl. The summed E-state index contributed by atoms with van der Waals surface area (Å²) in [6.45, 7) is 0.330. The van der Waals surface area contributed by atoms with E-state index in [9.17, 15) is 22.0 Å². The second-order valence-electron chi connectivity index (χ2n) is 5.69. The molecule has 0 spiro atoms. The first-order valence-electron chi connectivity index (χ1n) is 7.72. The van der Waals surface area contributed by atoms with Crippen molar-refractivity contribution in [1.82, 2.24) is 4.90 Å². The van der Waals surface area contributed by atoms with Crippen molar-refractivity contribution in [3.8, 4) is 0 Å². The number of rotatable bonds is 4. The van der Waals surface area contributed by atoms with E-state index < -0.39 is 31.8 Å². The predicted octanol–water partition coefficient (Wildman–Crippen LogP) is 4.88. The number of carbonyl (C=O) groups is 1. The van der Waals surface area contributed by atoms with Gasteiger partial charge in [0.05, 0.1) is 10.5 Å².